The van der Waals surface area contributed by atoms with Crippen molar-refractivity contribution in [3.8, 4) is 0 Å². The van der Waals surface area contributed by atoms with E-state index in [2.05, 4.69) is 16.8 Å². The molecular formula is C11H19N3S. The topological polar surface area (TPSA) is 42.2 Å². The summed E-state index contributed by atoms with van der Waals surface area (Å²) >= 11 is 1.79. The second-order valence-corrected chi connectivity index (χ2v) is 5.36. The molecule has 0 aliphatic carbocycles. The lowest BCUT2D eigenvalue weighted by Crippen LogP contribution is -2.19. The molecule has 1 aromatic heterocycles. The summed E-state index contributed by atoms with van der Waals surface area (Å²) in [5, 5.41) is 1.28. The van der Waals surface area contributed by atoms with E-state index < -0.39 is 0 Å². The number of likely N-dealkylation sites (tertiary alicyclic amines) is 1. The highest BCUT2D eigenvalue weighted by molar-refractivity contribution is 7.11. The van der Waals surface area contributed by atoms with E-state index in [1.807, 2.05) is 13.1 Å². The minimum absolute atomic E-state index is 0.125. The van der Waals surface area contributed by atoms with Crippen molar-refractivity contribution in [1.29, 1.82) is 0 Å². The predicted molar refractivity (Wildman–Crippen MR) is 64.2 cm³/mol. The number of hydrogen-bond acceptors (Lipinski definition) is 4. The molecule has 2 atom stereocenters. The maximum Gasteiger partial charge on any atom is 0.0972 e. The molecule has 3 nitrogen and oxygen atoms in total. The first-order valence-electron chi connectivity index (χ1n) is 5.64. The first-order chi connectivity index (χ1) is 7.20. The SMILES string of the molecule is CCN1CCC(c2ncc(C(C)N)s2)C1. The first kappa shape index (κ1) is 11.0. The number of nitrogens with two attached hydrogens (primary N) is 1. The Morgan fingerprint density at radius 3 is 3.07 bits per heavy atom. The van der Waals surface area contributed by atoms with Crippen LogP contribution in [-0.2, 0) is 0 Å². The summed E-state index contributed by atoms with van der Waals surface area (Å²) in [5.74, 6) is 0.641. The van der Waals surface area contributed by atoms with E-state index in [4.69, 9.17) is 5.73 Å². The number of thiazole rings is 1. The van der Waals surface area contributed by atoms with Crippen LogP contribution in [0.25, 0.3) is 0 Å². The Bertz CT molecular complexity index is 321. The van der Waals surface area contributed by atoms with Gasteiger partial charge in [-0.3, -0.25) is 0 Å². The molecule has 0 bridgehead atoms. The summed E-state index contributed by atoms with van der Waals surface area (Å²) in [6.45, 7) is 7.78. The Morgan fingerprint density at radius 2 is 2.53 bits per heavy atom. The van der Waals surface area contributed by atoms with E-state index in [0.717, 1.165) is 6.54 Å². The van der Waals surface area contributed by atoms with Crippen LogP contribution in [0.1, 0.15) is 42.1 Å². The highest BCUT2D eigenvalue weighted by Crippen LogP contribution is 2.31. The molecule has 0 spiro atoms. The molecule has 0 aromatic carbocycles. The largest absolute Gasteiger partial charge is 0.323 e. The highest BCUT2D eigenvalue weighted by atomic mass is 32.1. The molecule has 0 saturated carbocycles. The Labute approximate surface area is 95.3 Å². The zero-order valence-electron chi connectivity index (χ0n) is 9.44. The van der Waals surface area contributed by atoms with Crippen LogP contribution in [0.2, 0.25) is 0 Å². The molecule has 2 rings (SSSR count). The van der Waals surface area contributed by atoms with Gasteiger partial charge in [-0.2, -0.15) is 0 Å². The van der Waals surface area contributed by atoms with E-state index in [0.29, 0.717) is 5.92 Å². The van der Waals surface area contributed by atoms with E-state index in [9.17, 15) is 0 Å². The van der Waals surface area contributed by atoms with Gasteiger partial charge < -0.3 is 10.6 Å². The Kier molecular flexibility index (Phi) is 3.38. The maximum atomic E-state index is 5.84. The molecule has 2 unspecified atom stereocenters. The van der Waals surface area contributed by atoms with Gasteiger partial charge in [-0.05, 0) is 26.4 Å². The first-order valence-corrected chi connectivity index (χ1v) is 6.46. The molecule has 1 fully saturated rings. The summed E-state index contributed by atoms with van der Waals surface area (Å²) in [6, 6.07) is 0.125. The third kappa shape index (κ3) is 2.38. The summed E-state index contributed by atoms with van der Waals surface area (Å²) in [4.78, 5) is 8.19. The van der Waals surface area contributed by atoms with E-state index in [1.165, 1.54) is 29.4 Å². The molecule has 1 aromatic rings. The molecule has 1 aliphatic rings. The van der Waals surface area contributed by atoms with Crippen molar-refractivity contribution in [2.45, 2.75) is 32.2 Å². The number of rotatable bonds is 3. The average Bonchev–Trinajstić information content (AvgIpc) is 2.86. The molecule has 15 heavy (non-hydrogen) atoms. The molecule has 2 heterocycles. The molecule has 2 N–H and O–H groups in total. The van der Waals surface area contributed by atoms with Gasteiger partial charge in [0.2, 0.25) is 0 Å². The third-order valence-corrected chi connectivity index (χ3v) is 4.42. The quantitative estimate of drug-likeness (QED) is 0.855. The Morgan fingerprint density at radius 1 is 1.73 bits per heavy atom. The second-order valence-electron chi connectivity index (χ2n) is 4.27. The minimum atomic E-state index is 0.125. The Balaban J connectivity index is 2.04. The molecule has 0 amide bonds. The van der Waals surface area contributed by atoms with Gasteiger partial charge in [0.25, 0.3) is 0 Å². The van der Waals surface area contributed by atoms with Crippen molar-refractivity contribution < 1.29 is 0 Å². The molecular weight excluding hydrogens is 206 g/mol. The van der Waals surface area contributed by atoms with E-state index >= 15 is 0 Å². The van der Waals surface area contributed by atoms with Crippen LogP contribution in [0.15, 0.2) is 6.20 Å². The zero-order valence-corrected chi connectivity index (χ0v) is 10.3. The van der Waals surface area contributed by atoms with Gasteiger partial charge in [0.15, 0.2) is 0 Å². The standard InChI is InChI=1S/C11H19N3S/c1-3-14-5-4-9(7-14)11-13-6-10(15-11)8(2)12/h6,8-9H,3-5,7,12H2,1-2H3. The number of nitrogens with zero attached hydrogens (tertiary/aromatic N) is 2. The number of aromatic nitrogens is 1. The summed E-state index contributed by atoms with van der Waals surface area (Å²) in [5.41, 5.74) is 5.84. The van der Waals surface area contributed by atoms with E-state index in [-0.39, 0.29) is 6.04 Å². The Hall–Kier alpha value is -0.450. The molecule has 1 saturated heterocycles. The van der Waals surface area contributed by atoms with Gasteiger partial charge in [0, 0.05) is 29.6 Å². The summed E-state index contributed by atoms with van der Waals surface area (Å²) in [7, 11) is 0. The lowest BCUT2D eigenvalue weighted by Gasteiger charge is -2.11. The van der Waals surface area contributed by atoms with Gasteiger partial charge in [-0.15, -0.1) is 11.3 Å². The molecule has 4 heteroatoms. The van der Waals surface area contributed by atoms with Gasteiger partial charge in [-0.25, -0.2) is 4.98 Å². The van der Waals surface area contributed by atoms with Crippen molar-refractivity contribution in [2.75, 3.05) is 19.6 Å². The highest BCUT2D eigenvalue weighted by Gasteiger charge is 2.25. The van der Waals surface area contributed by atoms with Crippen molar-refractivity contribution in [1.82, 2.24) is 9.88 Å². The number of hydrogen-bond donors (Lipinski definition) is 1. The summed E-state index contributed by atoms with van der Waals surface area (Å²) < 4.78 is 0. The van der Waals surface area contributed by atoms with Crippen LogP contribution in [0, 0.1) is 0 Å². The van der Waals surface area contributed by atoms with Crippen LogP contribution >= 0.6 is 11.3 Å². The minimum Gasteiger partial charge on any atom is -0.323 e. The second kappa shape index (κ2) is 4.60. The normalized spacial score (nSPS) is 24.6. The van der Waals surface area contributed by atoms with Crippen LogP contribution < -0.4 is 5.73 Å². The van der Waals surface area contributed by atoms with Crippen LogP contribution in [-0.4, -0.2) is 29.5 Å². The fourth-order valence-electron chi connectivity index (χ4n) is 2.02. The molecule has 84 valence electrons. The molecule has 0 radical (unpaired) electrons. The third-order valence-electron chi connectivity index (χ3n) is 3.06. The van der Waals surface area contributed by atoms with E-state index in [1.54, 1.807) is 11.3 Å². The zero-order chi connectivity index (χ0) is 10.8. The maximum absolute atomic E-state index is 5.84. The van der Waals surface area contributed by atoms with Crippen LogP contribution in [0.4, 0.5) is 0 Å². The van der Waals surface area contributed by atoms with Crippen LogP contribution in [0.5, 0.6) is 0 Å². The van der Waals surface area contributed by atoms with Gasteiger partial charge >= 0.3 is 0 Å². The van der Waals surface area contributed by atoms with Crippen molar-refractivity contribution in [3.05, 3.63) is 16.1 Å². The van der Waals surface area contributed by atoms with Crippen molar-refractivity contribution in [3.63, 3.8) is 0 Å². The molecule has 1 aliphatic heterocycles. The lowest BCUT2D eigenvalue weighted by atomic mass is 10.1. The van der Waals surface area contributed by atoms with Gasteiger partial charge in [0.05, 0.1) is 5.01 Å². The average molecular weight is 225 g/mol. The van der Waals surface area contributed by atoms with Gasteiger partial charge in [0.1, 0.15) is 0 Å². The smallest absolute Gasteiger partial charge is 0.0972 e. The van der Waals surface area contributed by atoms with Gasteiger partial charge in [-0.1, -0.05) is 6.92 Å². The lowest BCUT2D eigenvalue weighted by molar-refractivity contribution is 0.354. The van der Waals surface area contributed by atoms with Crippen molar-refractivity contribution >= 4 is 11.3 Å². The monoisotopic (exact) mass is 225 g/mol. The summed E-state index contributed by atoms with van der Waals surface area (Å²) in [6.07, 6.45) is 3.19. The van der Waals surface area contributed by atoms with Crippen molar-refractivity contribution in [2.24, 2.45) is 5.73 Å². The predicted octanol–water partition coefficient (Wildman–Crippen LogP) is 1.97. The van der Waals surface area contributed by atoms with Crippen LogP contribution in [0.3, 0.4) is 0 Å². The number of likely N-dealkylation sites (N-methyl/N-ethyl adjacent to an activating group) is 1. The fourth-order valence-corrected chi connectivity index (χ4v) is 3.02. The fraction of sp³-hybridized carbons (Fsp3) is 0.727.